The smallest absolute Gasteiger partial charge is 0.191 e. The molecule has 3 rings (SSSR count). The highest BCUT2D eigenvalue weighted by Gasteiger charge is 2.21. The second-order valence-corrected chi connectivity index (χ2v) is 8.72. The topological polar surface area (TPSA) is 63.1 Å². The fraction of sp³-hybridized carbons (Fsp3) is 0.708. The Bertz CT molecular complexity index is 705. The number of piperidine rings is 2. The predicted molar refractivity (Wildman–Crippen MR) is 126 cm³/mol. The largest absolute Gasteiger partial charge is 0.393 e. The zero-order chi connectivity index (χ0) is 22.1. The molecule has 1 atom stereocenters. The van der Waals surface area contributed by atoms with E-state index in [0.29, 0.717) is 44.2 Å². The average Bonchev–Trinajstić information content (AvgIpc) is 2.78. The number of likely N-dealkylation sites (tertiary alicyclic amines) is 1. The van der Waals surface area contributed by atoms with E-state index in [1.807, 2.05) is 17.0 Å². The molecule has 2 fully saturated rings. The fourth-order valence-corrected chi connectivity index (χ4v) is 4.66. The minimum Gasteiger partial charge on any atom is -0.393 e. The van der Waals surface area contributed by atoms with Crippen molar-refractivity contribution in [2.24, 2.45) is 4.99 Å². The molecule has 2 aliphatic heterocycles. The number of aliphatic hydroxyl groups excluding tert-OH is 1. The number of hydrogen-bond donors (Lipinski definition) is 3. The summed E-state index contributed by atoms with van der Waals surface area (Å²) in [4.78, 5) is 9.27. The molecule has 2 aliphatic rings. The maximum atomic E-state index is 14.7. The lowest BCUT2D eigenvalue weighted by Crippen LogP contribution is -2.45. The van der Waals surface area contributed by atoms with Crippen molar-refractivity contribution >= 4 is 11.6 Å². The summed E-state index contributed by atoms with van der Waals surface area (Å²) in [5.74, 6) is 0.569. The van der Waals surface area contributed by atoms with Gasteiger partial charge in [-0.05, 0) is 63.3 Å². The van der Waals surface area contributed by atoms with Gasteiger partial charge in [0.2, 0.25) is 0 Å². The van der Waals surface area contributed by atoms with Crippen molar-refractivity contribution in [3.63, 3.8) is 0 Å². The summed E-state index contributed by atoms with van der Waals surface area (Å²) in [5.41, 5.74) is 1.48. The first kappa shape index (κ1) is 23.8. The third kappa shape index (κ3) is 7.07. The molecule has 6 nitrogen and oxygen atoms in total. The third-order valence-electron chi connectivity index (χ3n) is 6.49. The van der Waals surface area contributed by atoms with Gasteiger partial charge in [-0.2, -0.15) is 0 Å². The van der Waals surface area contributed by atoms with Crippen molar-refractivity contribution in [2.45, 2.75) is 71.1 Å². The maximum absolute atomic E-state index is 14.7. The molecular weight excluding hydrogens is 393 g/mol. The zero-order valence-electron chi connectivity index (χ0n) is 19.2. The lowest BCUT2D eigenvalue weighted by Gasteiger charge is -2.35. The van der Waals surface area contributed by atoms with Crippen LogP contribution in [0.15, 0.2) is 23.2 Å². The van der Waals surface area contributed by atoms with Gasteiger partial charge in [0.1, 0.15) is 5.82 Å². The first-order valence-electron chi connectivity index (χ1n) is 12.1. The highest BCUT2D eigenvalue weighted by Crippen LogP contribution is 2.24. The minimum atomic E-state index is -0.257. The number of halogens is 1. The molecule has 0 radical (unpaired) electrons. The van der Waals surface area contributed by atoms with E-state index in [0.717, 1.165) is 31.2 Å². The molecule has 0 saturated carbocycles. The van der Waals surface area contributed by atoms with Gasteiger partial charge in [0.05, 0.1) is 18.3 Å². The van der Waals surface area contributed by atoms with Crippen LogP contribution in [0.1, 0.15) is 57.9 Å². The van der Waals surface area contributed by atoms with E-state index in [1.54, 1.807) is 6.07 Å². The first-order valence-corrected chi connectivity index (χ1v) is 12.1. The van der Waals surface area contributed by atoms with Crippen LogP contribution in [0.2, 0.25) is 0 Å². The van der Waals surface area contributed by atoms with Gasteiger partial charge in [-0.3, -0.25) is 4.90 Å². The SMILES string of the molecule is CCNC(=NCc1ccc(N2CCC(O)CC2)c(F)c1)NCCN1CCCCC1CC. The Labute approximate surface area is 186 Å². The summed E-state index contributed by atoms with van der Waals surface area (Å²) < 4.78 is 14.7. The number of rotatable bonds is 8. The van der Waals surface area contributed by atoms with Crippen LogP contribution >= 0.6 is 0 Å². The number of nitrogens with one attached hydrogen (secondary N) is 2. The molecule has 0 aromatic heterocycles. The average molecular weight is 434 g/mol. The minimum absolute atomic E-state index is 0.210. The lowest BCUT2D eigenvalue weighted by atomic mass is 10.0. The molecule has 31 heavy (non-hydrogen) atoms. The highest BCUT2D eigenvalue weighted by molar-refractivity contribution is 5.79. The van der Waals surface area contributed by atoms with Gasteiger partial charge in [0.25, 0.3) is 0 Å². The molecule has 0 aliphatic carbocycles. The molecule has 2 saturated heterocycles. The van der Waals surface area contributed by atoms with E-state index in [-0.39, 0.29) is 11.9 Å². The van der Waals surface area contributed by atoms with Gasteiger partial charge in [-0.1, -0.05) is 19.4 Å². The van der Waals surface area contributed by atoms with E-state index in [9.17, 15) is 9.50 Å². The van der Waals surface area contributed by atoms with Gasteiger partial charge >= 0.3 is 0 Å². The Morgan fingerprint density at radius 3 is 2.65 bits per heavy atom. The van der Waals surface area contributed by atoms with Crippen molar-refractivity contribution < 1.29 is 9.50 Å². The number of hydrogen-bond acceptors (Lipinski definition) is 4. The van der Waals surface area contributed by atoms with Crippen molar-refractivity contribution in [1.29, 1.82) is 0 Å². The van der Waals surface area contributed by atoms with Crippen LogP contribution in [0.5, 0.6) is 0 Å². The summed E-state index contributed by atoms with van der Waals surface area (Å²) in [6.07, 6.45) is 6.30. The van der Waals surface area contributed by atoms with Crippen LogP contribution in [-0.2, 0) is 6.54 Å². The Balaban J connectivity index is 1.52. The molecule has 2 heterocycles. The van der Waals surface area contributed by atoms with Crippen LogP contribution in [0.4, 0.5) is 10.1 Å². The molecule has 0 bridgehead atoms. The quantitative estimate of drug-likeness (QED) is 0.434. The van der Waals surface area contributed by atoms with Gasteiger partial charge in [-0.15, -0.1) is 0 Å². The van der Waals surface area contributed by atoms with E-state index in [4.69, 9.17) is 0 Å². The highest BCUT2D eigenvalue weighted by atomic mass is 19.1. The van der Waals surface area contributed by atoms with E-state index < -0.39 is 0 Å². The van der Waals surface area contributed by atoms with Crippen LogP contribution in [0.25, 0.3) is 0 Å². The van der Waals surface area contributed by atoms with Gasteiger partial charge in [0, 0.05) is 38.8 Å². The van der Waals surface area contributed by atoms with Crippen molar-refractivity contribution in [3.8, 4) is 0 Å². The number of guanidine groups is 1. The Hall–Kier alpha value is -1.86. The normalized spacial score (nSPS) is 21.4. The molecule has 1 aromatic rings. The van der Waals surface area contributed by atoms with Crippen molar-refractivity contribution in [1.82, 2.24) is 15.5 Å². The van der Waals surface area contributed by atoms with Crippen LogP contribution in [0, 0.1) is 5.82 Å². The van der Waals surface area contributed by atoms with Crippen LogP contribution in [0.3, 0.4) is 0 Å². The third-order valence-corrected chi connectivity index (χ3v) is 6.49. The maximum Gasteiger partial charge on any atom is 0.191 e. The monoisotopic (exact) mass is 433 g/mol. The fourth-order valence-electron chi connectivity index (χ4n) is 4.66. The van der Waals surface area contributed by atoms with Crippen molar-refractivity contribution in [2.75, 3.05) is 44.2 Å². The first-order chi connectivity index (χ1) is 15.1. The van der Waals surface area contributed by atoms with Gasteiger partial charge in [0.15, 0.2) is 5.96 Å². The van der Waals surface area contributed by atoms with Crippen LogP contribution in [-0.4, -0.2) is 67.4 Å². The Morgan fingerprint density at radius 2 is 1.94 bits per heavy atom. The van der Waals surface area contributed by atoms with Gasteiger partial charge in [-0.25, -0.2) is 9.38 Å². The number of anilines is 1. The molecule has 1 unspecified atom stereocenters. The molecule has 0 amide bonds. The number of nitrogens with zero attached hydrogens (tertiary/aromatic N) is 3. The molecular formula is C24H40FN5O. The summed E-state index contributed by atoms with van der Waals surface area (Å²) in [6, 6.07) is 6.10. The summed E-state index contributed by atoms with van der Waals surface area (Å²) in [7, 11) is 0. The van der Waals surface area contributed by atoms with E-state index >= 15 is 0 Å². The number of benzene rings is 1. The number of aliphatic hydroxyl groups is 1. The molecule has 1 aromatic carbocycles. The second kappa shape index (κ2) is 12.2. The molecule has 174 valence electrons. The van der Waals surface area contributed by atoms with E-state index in [1.165, 1.54) is 32.2 Å². The number of aliphatic imine (C=N–C) groups is 1. The second-order valence-electron chi connectivity index (χ2n) is 8.72. The summed E-state index contributed by atoms with van der Waals surface area (Å²) in [6.45, 7) is 10.0. The standard InChI is InChI=1S/C24H40FN5O/c1-3-20-7-5-6-13-29(20)16-12-27-24(26-4-2)28-18-19-8-9-23(22(25)17-19)30-14-10-21(31)11-15-30/h8-9,17,20-21,31H,3-7,10-16,18H2,1-2H3,(H2,26,27,28). The van der Waals surface area contributed by atoms with Crippen molar-refractivity contribution in [3.05, 3.63) is 29.6 Å². The Morgan fingerprint density at radius 1 is 1.13 bits per heavy atom. The lowest BCUT2D eigenvalue weighted by molar-refractivity contribution is 0.145. The summed E-state index contributed by atoms with van der Waals surface area (Å²) in [5, 5.41) is 16.4. The zero-order valence-corrected chi connectivity index (χ0v) is 19.2. The van der Waals surface area contributed by atoms with Gasteiger partial charge < -0.3 is 20.6 Å². The van der Waals surface area contributed by atoms with E-state index in [2.05, 4.69) is 34.4 Å². The molecule has 0 spiro atoms. The van der Waals surface area contributed by atoms with Crippen LogP contribution < -0.4 is 15.5 Å². The predicted octanol–water partition coefficient (Wildman–Crippen LogP) is 3.11. The molecule has 3 N–H and O–H groups in total. The summed E-state index contributed by atoms with van der Waals surface area (Å²) >= 11 is 0. The Kier molecular flexibility index (Phi) is 9.40. The molecule has 7 heteroatoms.